The van der Waals surface area contributed by atoms with Gasteiger partial charge in [-0.25, -0.2) is 39.5 Å². The average molecular weight is 1280 g/mol. The molecule has 12 rings (SSSR count). The van der Waals surface area contributed by atoms with E-state index in [9.17, 15) is 19.2 Å². The van der Waals surface area contributed by atoms with Gasteiger partial charge in [-0.15, -0.1) is 0 Å². The van der Waals surface area contributed by atoms with Crippen molar-refractivity contribution in [2.45, 2.75) is 71.3 Å². The molecule has 6 heterocycles. The SMILES string of the molecule is Cn1c(Cc2nc3ccc(OCCO)cc3o2)nc2cc(C(=O)CCCN)ccc21.Cn1c(Cc2nc3ccc(OCCO)cc3o2)nc2cc(C(=O)CCCNC(=O)OC(C)(C)C)ccc21.Cn1c(Cc2nc3ccc(OCCO)cc3o2)nc2cc(C(=O)O)ccc21. The molecule has 490 valence electrons. The third kappa shape index (κ3) is 16.4. The number of alkyl carbamates (subject to hydrolysis) is 1. The zero-order chi connectivity index (χ0) is 66.6. The van der Waals surface area contributed by atoms with E-state index < -0.39 is 17.7 Å². The number of ether oxygens (including phenoxy) is 4. The Labute approximate surface area is 537 Å². The van der Waals surface area contributed by atoms with E-state index in [-0.39, 0.29) is 56.8 Å². The molecule has 0 saturated carbocycles. The van der Waals surface area contributed by atoms with E-state index in [1.54, 1.807) is 93.6 Å². The largest absolute Gasteiger partial charge is 0.491 e. The maximum absolute atomic E-state index is 12.7. The number of amides is 1. The van der Waals surface area contributed by atoms with Crippen LogP contribution in [0.3, 0.4) is 0 Å². The number of aliphatic hydroxyl groups excluding tert-OH is 3. The molecule has 0 saturated heterocycles. The number of ketones is 2. The van der Waals surface area contributed by atoms with Gasteiger partial charge in [0.1, 0.15) is 76.7 Å². The van der Waals surface area contributed by atoms with Crippen molar-refractivity contribution in [3.63, 3.8) is 0 Å². The minimum absolute atomic E-state index is 0.0155. The van der Waals surface area contributed by atoms with Gasteiger partial charge >= 0.3 is 12.1 Å². The van der Waals surface area contributed by atoms with Crippen LogP contribution < -0.4 is 25.3 Å². The van der Waals surface area contributed by atoms with Crippen molar-refractivity contribution in [1.82, 2.24) is 48.9 Å². The first kappa shape index (κ1) is 66.4. The zero-order valence-electron chi connectivity index (χ0n) is 52.9. The highest BCUT2D eigenvalue weighted by Crippen LogP contribution is 2.29. The molecule has 26 nitrogen and oxygen atoms in total. The second-order valence-electron chi connectivity index (χ2n) is 22.9. The molecule has 0 fully saturated rings. The molecule has 0 atom stereocenters. The minimum atomic E-state index is -0.984. The summed E-state index contributed by atoms with van der Waals surface area (Å²) in [5, 5.41) is 38.5. The highest BCUT2D eigenvalue weighted by Gasteiger charge is 2.21. The van der Waals surface area contributed by atoms with Crippen LogP contribution in [0.15, 0.2) is 122 Å². The number of benzene rings is 6. The summed E-state index contributed by atoms with van der Waals surface area (Å²) in [6.07, 6.45) is 2.60. The van der Waals surface area contributed by atoms with Crippen molar-refractivity contribution in [3.8, 4) is 17.2 Å². The summed E-state index contributed by atoms with van der Waals surface area (Å²) < 4.78 is 44.8. The summed E-state index contributed by atoms with van der Waals surface area (Å²) >= 11 is 0. The van der Waals surface area contributed by atoms with E-state index >= 15 is 0 Å². The second-order valence-corrected chi connectivity index (χ2v) is 22.9. The molecule has 6 aromatic heterocycles. The molecule has 6 aromatic carbocycles. The molecule has 0 spiro atoms. The average Bonchev–Trinajstić information content (AvgIpc) is 1.67. The number of rotatable bonds is 25. The second kappa shape index (κ2) is 29.8. The van der Waals surface area contributed by atoms with Crippen molar-refractivity contribution in [2.75, 3.05) is 52.7 Å². The van der Waals surface area contributed by atoms with Gasteiger partial charge in [0.05, 0.1) is 77.7 Å². The van der Waals surface area contributed by atoms with E-state index in [4.69, 9.17) is 68.3 Å². The van der Waals surface area contributed by atoms with Gasteiger partial charge in [0.25, 0.3) is 0 Å². The predicted molar refractivity (Wildman–Crippen MR) is 348 cm³/mol. The van der Waals surface area contributed by atoms with Crippen LogP contribution in [0.1, 0.15) is 113 Å². The highest BCUT2D eigenvalue weighted by molar-refractivity contribution is 6.00. The lowest BCUT2D eigenvalue weighted by Gasteiger charge is -2.19. The van der Waals surface area contributed by atoms with E-state index in [0.29, 0.717) is 143 Å². The van der Waals surface area contributed by atoms with Crippen molar-refractivity contribution in [3.05, 3.63) is 161 Å². The molecule has 0 aliphatic heterocycles. The summed E-state index contributed by atoms with van der Waals surface area (Å²) in [7, 11) is 5.72. The van der Waals surface area contributed by atoms with Crippen LogP contribution in [-0.4, -0.2) is 146 Å². The number of carboxylic acid groups (broad SMARTS) is 1. The van der Waals surface area contributed by atoms with Crippen LogP contribution >= 0.6 is 0 Å². The van der Waals surface area contributed by atoms with Gasteiger partial charge < -0.3 is 77.4 Å². The monoisotopic (exact) mass is 1280 g/mol. The summed E-state index contributed by atoms with van der Waals surface area (Å²) in [5.41, 5.74) is 15.1. The van der Waals surface area contributed by atoms with Crippen LogP contribution in [-0.2, 0) is 45.1 Å². The number of nitrogens with two attached hydrogens (primary N) is 1. The Morgan fingerprint density at radius 1 is 0.489 bits per heavy atom. The number of carbonyl (C=O) groups is 4. The fourth-order valence-corrected chi connectivity index (χ4v) is 10.3. The van der Waals surface area contributed by atoms with Crippen LogP contribution in [0.2, 0.25) is 0 Å². The molecule has 0 aliphatic rings. The minimum Gasteiger partial charge on any atom is -0.491 e. The lowest BCUT2D eigenvalue weighted by atomic mass is 10.1. The fourth-order valence-electron chi connectivity index (χ4n) is 10.3. The number of nitrogens with one attached hydrogen (secondary N) is 1. The predicted octanol–water partition coefficient (Wildman–Crippen LogP) is 9.14. The number of aromatic nitrogens is 9. The van der Waals surface area contributed by atoms with E-state index in [2.05, 4.69) is 25.3 Å². The summed E-state index contributed by atoms with van der Waals surface area (Å²) in [6.45, 7) is 6.73. The Balaban J connectivity index is 0.000000156. The molecule has 0 aliphatic carbocycles. The van der Waals surface area contributed by atoms with Gasteiger partial charge in [0.2, 0.25) is 17.7 Å². The summed E-state index contributed by atoms with van der Waals surface area (Å²) in [4.78, 5) is 75.3. The number of carboxylic acids is 1. The van der Waals surface area contributed by atoms with Crippen molar-refractivity contribution < 1.29 is 71.8 Å². The van der Waals surface area contributed by atoms with E-state index in [1.807, 2.05) is 71.2 Å². The third-order valence-corrected chi connectivity index (χ3v) is 14.9. The van der Waals surface area contributed by atoms with Crippen LogP contribution in [0, 0.1) is 0 Å². The molecular weight excluding hydrogens is 1210 g/mol. The molecular formula is C68H73N11O15. The lowest BCUT2D eigenvalue weighted by Crippen LogP contribution is -2.33. The van der Waals surface area contributed by atoms with Gasteiger partial charge in [-0.1, -0.05) is 0 Å². The number of Topliss-reactive ketones (excluding diaryl/α,β-unsaturated/α-hetero) is 2. The number of hydrogen-bond acceptors (Lipinski definition) is 21. The number of oxazole rings is 3. The Morgan fingerprint density at radius 3 is 1.20 bits per heavy atom. The number of carbonyl (C=O) groups excluding carboxylic acids is 3. The van der Waals surface area contributed by atoms with Gasteiger partial charge in [-0.2, -0.15) is 0 Å². The number of imidazole rings is 3. The maximum atomic E-state index is 12.7. The molecule has 1 amide bonds. The van der Waals surface area contributed by atoms with Gasteiger partial charge in [-0.3, -0.25) is 9.59 Å². The van der Waals surface area contributed by atoms with Gasteiger partial charge in [0, 0.05) is 69.9 Å². The smallest absolute Gasteiger partial charge is 0.407 e. The number of hydrogen-bond donors (Lipinski definition) is 6. The Bertz CT molecular complexity index is 4680. The van der Waals surface area contributed by atoms with Gasteiger partial charge in [-0.05, 0) is 131 Å². The fraction of sp³-hybridized carbons (Fsp3) is 0.324. The standard InChI is InChI=1S/C27H32N4O6.C22H24N4O4.C19H17N3O5/c1-27(2,3)37-26(34)28-11-5-6-22(33)17-7-10-21-20(14-17)29-24(31(21)4)16-25-30-19-9-8-18(35-13-12-32)15-23(19)36-25;1-26-18-7-4-14(19(28)3-2-8-23)11-17(18)24-21(26)13-22-25-16-6-5-15(29-10-9-27)12-20(16)30-22;1-22-15-5-2-11(19(24)25)8-14(15)20-17(22)10-18-21-13-4-3-12(26-7-6-23)9-16(13)27-18/h7-10,14-15,32H,5-6,11-13,16H2,1-4H3,(H,28,34);4-7,11-12,27H,2-3,8-10,13,23H2,1H3;2-5,8-9,23H,6-7,10H2,1H3,(H,24,25). The Kier molecular flexibility index (Phi) is 21.1. The first-order valence-corrected chi connectivity index (χ1v) is 30.5. The van der Waals surface area contributed by atoms with Gasteiger partial charge in [0.15, 0.2) is 28.3 Å². The van der Waals surface area contributed by atoms with Crippen molar-refractivity contribution >= 4 is 90.0 Å². The molecule has 94 heavy (non-hydrogen) atoms. The number of aromatic carboxylic acids is 1. The van der Waals surface area contributed by atoms with Crippen molar-refractivity contribution in [2.24, 2.45) is 26.9 Å². The molecule has 7 N–H and O–H groups in total. The third-order valence-electron chi connectivity index (χ3n) is 14.9. The topological polar surface area (TPSA) is 356 Å². The first-order chi connectivity index (χ1) is 45.3. The summed E-state index contributed by atoms with van der Waals surface area (Å²) in [6, 6.07) is 31.9. The number of aryl methyl sites for hydroxylation is 3. The van der Waals surface area contributed by atoms with Crippen LogP contribution in [0.25, 0.3) is 66.4 Å². The van der Waals surface area contributed by atoms with Crippen LogP contribution in [0.4, 0.5) is 4.79 Å². The maximum Gasteiger partial charge on any atom is 0.407 e. The molecule has 12 aromatic rings. The molecule has 0 bridgehead atoms. The lowest BCUT2D eigenvalue weighted by molar-refractivity contribution is 0.0524. The number of nitrogens with zero attached hydrogens (tertiary/aromatic N) is 9. The zero-order valence-corrected chi connectivity index (χ0v) is 52.9. The van der Waals surface area contributed by atoms with Crippen LogP contribution in [0.5, 0.6) is 17.2 Å². The Morgan fingerprint density at radius 2 is 0.851 bits per heavy atom. The van der Waals surface area contributed by atoms with Crippen molar-refractivity contribution in [1.29, 1.82) is 0 Å². The number of fused-ring (bicyclic) bond motifs is 6. The molecule has 0 radical (unpaired) electrons. The van der Waals surface area contributed by atoms with E-state index in [0.717, 1.165) is 45.1 Å². The highest BCUT2D eigenvalue weighted by atomic mass is 16.6. The quantitative estimate of drug-likeness (QED) is 0.0229. The first-order valence-electron chi connectivity index (χ1n) is 30.5. The number of aliphatic hydroxyl groups is 3. The Hall–Kier alpha value is -10.5. The summed E-state index contributed by atoms with van der Waals surface area (Å²) in [5.74, 6) is 4.72. The molecule has 26 heteroatoms. The molecule has 0 unspecified atom stereocenters. The van der Waals surface area contributed by atoms with E-state index in [1.165, 1.54) is 0 Å². The normalized spacial score (nSPS) is 11.5.